The SMILES string of the molecule is O=C(Cc1ccccc1)N=C1S[C@@H]2CS(=O)(=O)C[C@H]2N1c1ccc(Br)cc1. The number of carbonyl (C=O) groups excluding carboxylic acids is 1. The third kappa shape index (κ3) is 4.12. The highest BCUT2D eigenvalue weighted by atomic mass is 79.9. The molecule has 27 heavy (non-hydrogen) atoms. The fourth-order valence-electron chi connectivity index (χ4n) is 3.38. The van der Waals surface area contributed by atoms with Crippen molar-refractivity contribution in [3.63, 3.8) is 0 Å². The molecule has 5 nitrogen and oxygen atoms in total. The van der Waals surface area contributed by atoms with E-state index in [1.807, 2.05) is 59.5 Å². The summed E-state index contributed by atoms with van der Waals surface area (Å²) in [4.78, 5) is 18.7. The summed E-state index contributed by atoms with van der Waals surface area (Å²) in [6.45, 7) is 0. The molecule has 2 fully saturated rings. The second-order valence-electron chi connectivity index (χ2n) is 6.60. The van der Waals surface area contributed by atoms with E-state index in [4.69, 9.17) is 0 Å². The lowest BCUT2D eigenvalue weighted by Gasteiger charge is -2.24. The standard InChI is InChI=1S/C19H17BrN2O3S2/c20-14-6-8-15(9-7-14)22-16-11-27(24,25)12-17(16)26-19(22)21-18(23)10-13-4-2-1-3-5-13/h1-9,16-17H,10-12H2/t16-,17-/m1/s1. The van der Waals surface area contributed by atoms with Gasteiger partial charge in [0.1, 0.15) is 0 Å². The van der Waals surface area contributed by atoms with Gasteiger partial charge in [0, 0.05) is 15.4 Å². The largest absolute Gasteiger partial charge is 0.316 e. The van der Waals surface area contributed by atoms with E-state index in [1.54, 1.807) is 0 Å². The summed E-state index contributed by atoms with van der Waals surface area (Å²) < 4.78 is 25.1. The van der Waals surface area contributed by atoms with Crippen LogP contribution in [0.4, 0.5) is 5.69 Å². The number of rotatable bonds is 3. The molecule has 140 valence electrons. The average Bonchev–Trinajstić information content (AvgIpc) is 3.07. The highest BCUT2D eigenvalue weighted by molar-refractivity contribution is 9.10. The topological polar surface area (TPSA) is 66.8 Å². The van der Waals surface area contributed by atoms with Gasteiger partial charge in [-0.05, 0) is 29.8 Å². The summed E-state index contributed by atoms with van der Waals surface area (Å²) >= 11 is 4.81. The molecule has 0 N–H and O–H groups in total. The van der Waals surface area contributed by atoms with Crippen molar-refractivity contribution < 1.29 is 13.2 Å². The Labute approximate surface area is 170 Å². The molecule has 2 aromatic rings. The molecule has 0 spiro atoms. The van der Waals surface area contributed by atoms with Crippen LogP contribution in [0.25, 0.3) is 0 Å². The van der Waals surface area contributed by atoms with E-state index in [2.05, 4.69) is 20.9 Å². The van der Waals surface area contributed by atoms with Crippen molar-refractivity contribution in [2.75, 3.05) is 16.4 Å². The first-order valence-electron chi connectivity index (χ1n) is 8.49. The number of benzene rings is 2. The van der Waals surface area contributed by atoms with Crippen LogP contribution in [0, 0.1) is 0 Å². The number of hydrogen-bond donors (Lipinski definition) is 0. The minimum absolute atomic E-state index is 0.0899. The Balaban J connectivity index is 1.64. The van der Waals surface area contributed by atoms with E-state index >= 15 is 0 Å². The number of amides is 1. The summed E-state index contributed by atoms with van der Waals surface area (Å²) in [5.41, 5.74) is 1.76. The summed E-state index contributed by atoms with van der Waals surface area (Å²) in [6.07, 6.45) is 0.229. The van der Waals surface area contributed by atoms with Crippen molar-refractivity contribution in [3.8, 4) is 0 Å². The van der Waals surface area contributed by atoms with Gasteiger partial charge in [-0.2, -0.15) is 4.99 Å². The van der Waals surface area contributed by atoms with E-state index in [-0.39, 0.29) is 35.1 Å². The average molecular weight is 465 g/mol. The third-order valence-corrected chi connectivity index (χ3v) is 8.33. The lowest BCUT2D eigenvalue weighted by Crippen LogP contribution is -2.37. The van der Waals surface area contributed by atoms with E-state index in [1.165, 1.54) is 11.8 Å². The number of thioether (sulfide) groups is 1. The lowest BCUT2D eigenvalue weighted by atomic mass is 10.1. The molecule has 2 atom stereocenters. The molecule has 1 amide bonds. The molecule has 2 heterocycles. The van der Waals surface area contributed by atoms with Crippen molar-refractivity contribution >= 4 is 54.3 Å². The van der Waals surface area contributed by atoms with Gasteiger partial charge in [-0.1, -0.05) is 58.0 Å². The molecule has 0 aromatic heterocycles. The molecule has 0 radical (unpaired) electrons. The number of hydrogen-bond acceptors (Lipinski definition) is 4. The predicted molar refractivity (Wildman–Crippen MR) is 113 cm³/mol. The number of fused-ring (bicyclic) bond motifs is 1. The quantitative estimate of drug-likeness (QED) is 0.696. The molecule has 0 unspecified atom stereocenters. The molecule has 2 aromatic carbocycles. The van der Waals surface area contributed by atoms with Crippen LogP contribution in [-0.2, 0) is 21.1 Å². The zero-order valence-electron chi connectivity index (χ0n) is 14.3. The first-order valence-corrected chi connectivity index (χ1v) is 12.0. The van der Waals surface area contributed by atoms with Crippen molar-refractivity contribution in [2.24, 2.45) is 4.99 Å². The maximum atomic E-state index is 12.5. The van der Waals surface area contributed by atoms with E-state index < -0.39 is 9.84 Å². The normalized spacial score (nSPS) is 24.9. The first kappa shape index (κ1) is 18.7. The molecule has 0 bridgehead atoms. The van der Waals surface area contributed by atoms with Crippen LogP contribution in [0.2, 0.25) is 0 Å². The molecule has 0 saturated carbocycles. The Bertz CT molecular complexity index is 991. The third-order valence-electron chi connectivity index (χ3n) is 4.59. The summed E-state index contributed by atoms with van der Waals surface area (Å²) in [5, 5.41) is 0.491. The van der Waals surface area contributed by atoms with E-state index in [0.29, 0.717) is 5.17 Å². The Kier molecular flexibility index (Phi) is 5.13. The van der Waals surface area contributed by atoms with Crippen LogP contribution < -0.4 is 4.90 Å². The summed E-state index contributed by atoms with van der Waals surface area (Å²) in [5.74, 6) is -0.0120. The Morgan fingerprint density at radius 2 is 1.81 bits per heavy atom. The fourth-order valence-corrected chi connectivity index (χ4v) is 7.58. The number of nitrogens with zero attached hydrogens (tertiary/aromatic N) is 2. The lowest BCUT2D eigenvalue weighted by molar-refractivity contribution is -0.117. The molecule has 0 aliphatic carbocycles. The van der Waals surface area contributed by atoms with Crippen LogP contribution in [-0.4, -0.2) is 42.3 Å². The Hall–Kier alpha value is -1.64. The monoisotopic (exact) mass is 464 g/mol. The van der Waals surface area contributed by atoms with Crippen molar-refractivity contribution in [1.82, 2.24) is 0 Å². The van der Waals surface area contributed by atoms with Gasteiger partial charge in [0.2, 0.25) is 0 Å². The number of carbonyl (C=O) groups is 1. The molecule has 4 rings (SSSR count). The van der Waals surface area contributed by atoms with E-state index in [9.17, 15) is 13.2 Å². The number of anilines is 1. The fraction of sp³-hybridized carbons (Fsp3) is 0.263. The Morgan fingerprint density at radius 1 is 1.11 bits per heavy atom. The van der Waals surface area contributed by atoms with Gasteiger partial charge in [-0.3, -0.25) is 4.79 Å². The van der Waals surface area contributed by atoms with Gasteiger partial charge < -0.3 is 4.90 Å². The van der Waals surface area contributed by atoms with Crippen LogP contribution >= 0.6 is 27.7 Å². The van der Waals surface area contributed by atoms with Crippen molar-refractivity contribution in [3.05, 3.63) is 64.6 Å². The molecule has 2 saturated heterocycles. The highest BCUT2D eigenvalue weighted by Crippen LogP contribution is 2.41. The second-order valence-corrected chi connectivity index (χ2v) is 10.9. The van der Waals surface area contributed by atoms with Crippen LogP contribution in [0.3, 0.4) is 0 Å². The van der Waals surface area contributed by atoms with Crippen LogP contribution in [0.5, 0.6) is 0 Å². The maximum absolute atomic E-state index is 12.5. The highest BCUT2D eigenvalue weighted by Gasteiger charge is 2.49. The molecular weight excluding hydrogens is 448 g/mol. The number of sulfone groups is 1. The van der Waals surface area contributed by atoms with Gasteiger partial charge >= 0.3 is 0 Å². The maximum Gasteiger partial charge on any atom is 0.252 e. The molecule has 8 heteroatoms. The zero-order chi connectivity index (χ0) is 19.0. The van der Waals surface area contributed by atoms with Crippen molar-refractivity contribution in [2.45, 2.75) is 17.7 Å². The molecular formula is C19H17BrN2O3S2. The number of aliphatic imine (C=N–C) groups is 1. The van der Waals surface area contributed by atoms with Crippen molar-refractivity contribution in [1.29, 1.82) is 0 Å². The van der Waals surface area contributed by atoms with E-state index in [0.717, 1.165) is 15.7 Å². The smallest absolute Gasteiger partial charge is 0.252 e. The second kappa shape index (κ2) is 7.41. The predicted octanol–water partition coefficient (Wildman–Crippen LogP) is 3.29. The minimum atomic E-state index is -3.07. The van der Waals surface area contributed by atoms with Gasteiger partial charge in [-0.15, -0.1) is 0 Å². The molecule has 2 aliphatic rings. The van der Waals surface area contributed by atoms with Gasteiger partial charge in [0.15, 0.2) is 15.0 Å². The first-order chi connectivity index (χ1) is 12.9. The molecule has 2 aliphatic heterocycles. The van der Waals surface area contributed by atoms with Crippen LogP contribution in [0.15, 0.2) is 64.1 Å². The minimum Gasteiger partial charge on any atom is -0.316 e. The Morgan fingerprint density at radius 3 is 2.52 bits per heavy atom. The number of amidine groups is 1. The van der Waals surface area contributed by atoms with Gasteiger partial charge in [0.25, 0.3) is 5.91 Å². The summed E-state index contributed by atoms with van der Waals surface area (Å²) in [7, 11) is -3.07. The number of halogens is 1. The zero-order valence-corrected chi connectivity index (χ0v) is 17.5. The van der Waals surface area contributed by atoms with Crippen LogP contribution in [0.1, 0.15) is 5.56 Å². The van der Waals surface area contributed by atoms with Gasteiger partial charge in [-0.25, -0.2) is 8.42 Å². The summed E-state index contributed by atoms with van der Waals surface area (Å²) in [6, 6.07) is 16.9. The van der Waals surface area contributed by atoms with Gasteiger partial charge in [0.05, 0.1) is 24.0 Å².